The van der Waals surface area contributed by atoms with Gasteiger partial charge in [0.1, 0.15) is 5.75 Å². The minimum Gasteiger partial charge on any atom is -0.454 e. The summed E-state index contributed by atoms with van der Waals surface area (Å²) in [7, 11) is 1.72. The van der Waals surface area contributed by atoms with Crippen LogP contribution in [-0.2, 0) is 0 Å². The zero-order chi connectivity index (χ0) is 19.0. The van der Waals surface area contributed by atoms with Crippen molar-refractivity contribution in [3.8, 4) is 11.5 Å². The monoisotopic (exact) mass is 358 g/mol. The van der Waals surface area contributed by atoms with Gasteiger partial charge in [-0.15, -0.1) is 0 Å². The number of anilines is 2. The van der Waals surface area contributed by atoms with E-state index in [4.69, 9.17) is 4.74 Å². The van der Waals surface area contributed by atoms with E-state index in [0.717, 1.165) is 5.56 Å². The molecule has 5 heteroatoms. The van der Waals surface area contributed by atoms with Gasteiger partial charge in [-0.3, -0.25) is 9.59 Å². The molecule has 0 unspecified atom stereocenters. The second kappa shape index (κ2) is 6.61. The molecule has 27 heavy (non-hydrogen) atoms. The number of benzene rings is 3. The van der Waals surface area contributed by atoms with E-state index >= 15 is 0 Å². The Labute approximate surface area is 157 Å². The number of aryl methyl sites for hydroxylation is 1. The lowest BCUT2D eigenvalue weighted by Crippen LogP contribution is -2.25. The highest BCUT2D eigenvalue weighted by atomic mass is 16.5. The third-order valence-electron chi connectivity index (χ3n) is 4.50. The quantitative estimate of drug-likeness (QED) is 0.727. The zero-order valence-corrected chi connectivity index (χ0v) is 15.0. The summed E-state index contributed by atoms with van der Waals surface area (Å²) in [4.78, 5) is 26.9. The van der Waals surface area contributed by atoms with E-state index < -0.39 is 0 Å². The van der Waals surface area contributed by atoms with Crippen molar-refractivity contribution in [2.45, 2.75) is 6.92 Å². The number of carbonyl (C=O) groups is 2. The Morgan fingerprint density at radius 2 is 1.70 bits per heavy atom. The van der Waals surface area contributed by atoms with Crippen molar-refractivity contribution < 1.29 is 14.3 Å². The van der Waals surface area contributed by atoms with Gasteiger partial charge in [0.15, 0.2) is 5.75 Å². The molecule has 134 valence electrons. The summed E-state index contributed by atoms with van der Waals surface area (Å²) in [5.41, 5.74) is 3.24. The van der Waals surface area contributed by atoms with Crippen LogP contribution in [-0.4, -0.2) is 18.9 Å². The molecule has 0 bridgehead atoms. The molecule has 0 saturated heterocycles. The topological polar surface area (TPSA) is 58.6 Å². The second-order valence-corrected chi connectivity index (χ2v) is 6.47. The first-order valence-electron chi connectivity index (χ1n) is 8.60. The van der Waals surface area contributed by atoms with Gasteiger partial charge in [0, 0.05) is 18.3 Å². The molecule has 5 nitrogen and oxygen atoms in total. The third kappa shape index (κ3) is 3.15. The lowest BCUT2D eigenvalue weighted by Gasteiger charge is -2.16. The van der Waals surface area contributed by atoms with E-state index in [9.17, 15) is 9.59 Å². The van der Waals surface area contributed by atoms with Gasteiger partial charge in [0.05, 0.1) is 11.3 Å². The number of amides is 2. The maximum atomic E-state index is 13.0. The number of ether oxygens (including phenoxy) is 1. The number of fused-ring (bicyclic) bond motifs is 2. The Morgan fingerprint density at radius 3 is 2.48 bits per heavy atom. The lowest BCUT2D eigenvalue weighted by atomic mass is 10.1. The van der Waals surface area contributed by atoms with Crippen LogP contribution in [0.1, 0.15) is 26.3 Å². The van der Waals surface area contributed by atoms with E-state index in [1.807, 2.05) is 31.2 Å². The highest BCUT2D eigenvalue weighted by Crippen LogP contribution is 2.39. The van der Waals surface area contributed by atoms with Gasteiger partial charge in [-0.1, -0.05) is 24.3 Å². The van der Waals surface area contributed by atoms with Crippen molar-refractivity contribution in [3.05, 3.63) is 83.4 Å². The Balaban J connectivity index is 1.68. The highest BCUT2D eigenvalue weighted by molar-refractivity contribution is 6.11. The number of carbonyl (C=O) groups excluding carboxylic acids is 2. The van der Waals surface area contributed by atoms with Crippen molar-refractivity contribution in [2.24, 2.45) is 0 Å². The molecular formula is C22H18N2O3. The van der Waals surface area contributed by atoms with Crippen molar-refractivity contribution >= 4 is 23.2 Å². The van der Waals surface area contributed by atoms with Crippen molar-refractivity contribution in [1.82, 2.24) is 0 Å². The Hall–Kier alpha value is -3.60. The molecule has 0 fully saturated rings. The van der Waals surface area contributed by atoms with Crippen LogP contribution in [0.15, 0.2) is 66.7 Å². The minimum atomic E-state index is -0.232. The fourth-order valence-electron chi connectivity index (χ4n) is 3.04. The molecule has 3 aromatic rings. The number of hydrogen-bond acceptors (Lipinski definition) is 3. The molecule has 0 radical (unpaired) electrons. The molecule has 1 N–H and O–H groups in total. The Kier molecular flexibility index (Phi) is 4.12. The SMILES string of the molecule is Cc1ccc2c(c1)N(C)C(=O)c1cc(NC(=O)c3ccccc3)ccc1O2. The Bertz CT molecular complexity index is 1040. The van der Waals surface area contributed by atoms with Crippen LogP contribution in [0.4, 0.5) is 11.4 Å². The summed E-state index contributed by atoms with van der Waals surface area (Å²) in [6.07, 6.45) is 0. The fraction of sp³-hybridized carbons (Fsp3) is 0.0909. The van der Waals surface area contributed by atoms with Gasteiger partial charge in [-0.2, -0.15) is 0 Å². The van der Waals surface area contributed by atoms with E-state index in [1.54, 1.807) is 54.4 Å². The molecule has 0 atom stereocenters. The van der Waals surface area contributed by atoms with Gasteiger partial charge in [-0.25, -0.2) is 0 Å². The summed E-state index contributed by atoms with van der Waals surface area (Å²) in [5, 5.41) is 2.83. The van der Waals surface area contributed by atoms with Crippen LogP contribution in [0.2, 0.25) is 0 Å². The molecule has 1 aliphatic rings. The largest absolute Gasteiger partial charge is 0.454 e. The molecule has 0 aliphatic carbocycles. The van der Waals surface area contributed by atoms with Crippen LogP contribution in [0.3, 0.4) is 0 Å². The van der Waals surface area contributed by atoms with Gasteiger partial charge in [0.2, 0.25) is 0 Å². The van der Waals surface area contributed by atoms with Crippen LogP contribution < -0.4 is 15.0 Å². The van der Waals surface area contributed by atoms with E-state index in [1.165, 1.54) is 0 Å². The molecule has 3 aromatic carbocycles. The maximum absolute atomic E-state index is 13.0. The van der Waals surface area contributed by atoms with E-state index in [0.29, 0.717) is 34.0 Å². The predicted octanol–water partition coefficient (Wildman–Crippen LogP) is 4.63. The summed E-state index contributed by atoms with van der Waals surface area (Å²) in [6.45, 7) is 1.97. The summed E-state index contributed by atoms with van der Waals surface area (Å²) >= 11 is 0. The molecule has 0 saturated carbocycles. The lowest BCUT2D eigenvalue weighted by molar-refractivity contribution is 0.0990. The number of hydrogen-bond donors (Lipinski definition) is 1. The minimum absolute atomic E-state index is 0.190. The first-order valence-corrected chi connectivity index (χ1v) is 8.60. The summed E-state index contributed by atoms with van der Waals surface area (Å²) in [6, 6.07) is 19.7. The first kappa shape index (κ1) is 16.8. The first-order chi connectivity index (χ1) is 13.0. The number of rotatable bonds is 2. The molecule has 0 aromatic heterocycles. The normalized spacial score (nSPS) is 12.5. The maximum Gasteiger partial charge on any atom is 0.261 e. The average molecular weight is 358 g/mol. The van der Waals surface area contributed by atoms with Gasteiger partial charge in [0.25, 0.3) is 11.8 Å². The number of nitrogens with zero attached hydrogens (tertiary/aromatic N) is 1. The fourth-order valence-corrected chi connectivity index (χ4v) is 3.04. The zero-order valence-electron chi connectivity index (χ0n) is 15.0. The van der Waals surface area contributed by atoms with Crippen LogP contribution in [0, 0.1) is 6.92 Å². The molecule has 1 aliphatic heterocycles. The number of nitrogens with one attached hydrogen (secondary N) is 1. The Morgan fingerprint density at radius 1 is 0.963 bits per heavy atom. The van der Waals surface area contributed by atoms with E-state index in [2.05, 4.69) is 5.32 Å². The van der Waals surface area contributed by atoms with Crippen LogP contribution in [0.5, 0.6) is 11.5 Å². The molecular weight excluding hydrogens is 340 g/mol. The molecule has 1 heterocycles. The van der Waals surface area contributed by atoms with Crippen LogP contribution in [0.25, 0.3) is 0 Å². The van der Waals surface area contributed by atoms with Crippen LogP contribution >= 0.6 is 0 Å². The molecule has 4 rings (SSSR count). The van der Waals surface area contributed by atoms with Crippen molar-refractivity contribution in [1.29, 1.82) is 0 Å². The molecule has 0 spiro atoms. The predicted molar refractivity (Wildman–Crippen MR) is 105 cm³/mol. The summed E-state index contributed by atoms with van der Waals surface area (Å²) in [5.74, 6) is 0.665. The van der Waals surface area contributed by atoms with Crippen molar-refractivity contribution in [2.75, 3.05) is 17.3 Å². The van der Waals surface area contributed by atoms with Crippen molar-refractivity contribution in [3.63, 3.8) is 0 Å². The van der Waals surface area contributed by atoms with Gasteiger partial charge >= 0.3 is 0 Å². The average Bonchev–Trinajstić information content (AvgIpc) is 2.78. The third-order valence-corrected chi connectivity index (χ3v) is 4.50. The summed E-state index contributed by atoms with van der Waals surface area (Å²) < 4.78 is 5.97. The second-order valence-electron chi connectivity index (χ2n) is 6.47. The standard InChI is InChI=1S/C22H18N2O3/c1-14-8-10-20-18(12-14)24(2)22(26)17-13-16(9-11-19(17)27-20)23-21(25)15-6-4-3-5-7-15/h3-13H,1-2H3,(H,23,25). The van der Waals surface area contributed by atoms with Gasteiger partial charge < -0.3 is 15.0 Å². The van der Waals surface area contributed by atoms with E-state index in [-0.39, 0.29) is 11.8 Å². The molecule has 2 amide bonds. The van der Waals surface area contributed by atoms with Gasteiger partial charge in [-0.05, 0) is 55.0 Å². The smallest absolute Gasteiger partial charge is 0.261 e. The highest BCUT2D eigenvalue weighted by Gasteiger charge is 2.26.